The van der Waals surface area contributed by atoms with Crippen LogP contribution in [0, 0.1) is 5.82 Å². The lowest BCUT2D eigenvalue weighted by Crippen LogP contribution is -2.18. The van der Waals surface area contributed by atoms with Gasteiger partial charge in [-0.05, 0) is 29.8 Å². The maximum atomic E-state index is 14.2. The molecule has 0 aliphatic heterocycles. The predicted molar refractivity (Wildman–Crippen MR) is 108 cm³/mol. The van der Waals surface area contributed by atoms with Crippen LogP contribution in [0.4, 0.5) is 10.2 Å². The fourth-order valence-corrected chi connectivity index (χ4v) is 3.25. The van der Waals surface area contributed by atoms with E-state index in [1.165, 1.54) is 12.4 Å². The van der Waals surface area contributed by atoms with Crippen molar-refractivity contribution in [1.82, 2.24) is 19.5 Å². The van der Waals surface area contributed by atoms with Gasteiger partial charge in [-0.25, -0.2) is 19.3 Å². The summed E-state index contributed by atoms with van der Waals surface area (Å²) in [6.45, 7) is 0. The zero-order chi connectivity index (χ0) is 20.4. The van der Waals surface area contributed by atoms with Crippen molar-refractivity contribution in [3.8, 4) is 11.5 Å². The highest BCUT2D eigenvalue weighted by molar-refractivity contribution is 5.89. The van der Waals surface area contributed by atoms with Crippen molar-refractivity contribution in [2.24, 2.45) is 7.05 Å². The van der Waals surface area contributed by atoms with Gasteiger partial charge in [-0.1, -0.05) is 6.07 Å². The fraction of sp³-hybridized carbons (Fsp3) is 0.190. The van der Waals surface area contributed by atoms with Crippen LogP contribution in [0.5, 0.6) is 11.5 Å². The van der Waals surface area contributed by atoms with Gasteiger partial charge < -0.3 is 19.4 Å². The molecule has 0 saturated carbocycles. The highest BCUT2D eigenvalue weighted by Gasteiger charge is 2.22. The van der Waals surface area contributed by atoms with E-state index in [1.54, 1.807) is 38.6 Å². The number of nitrogens with one attached hydrogen (secondary N) is 1. The van der Waals surface area contributed by atoms with Gasteiger partial charge in [0.25, 0.3) is 0 Å². The van der Waals surface area contributed by atoms with Gasteiger partial charge in [-0.2, -0.15) is 0 Å². The summed E-state index contributed by atoms with van der Waals surface area (Å²) in [7, 11) is 5.11. The van der Waals surface area contributed by atoms with Gasteiger partial charge in [0.2, 0.25) is 0 Å². The van der Waals surface area contributed by atoms with Crippen LogP contribution in [-0.4, -0.2) is 33.7 Å². The van der Waals surface area contributed by atoms with Crippen LogP contribution < -0.4 is 14.8 Å². The third-order valence-electron chi connectivity index (χ3n) is 4.72. The number of hydrogen-bond acceptors (Lipinski definition) is 6. The first-order valence-corrected chi connectivity index (χ1v) is 8.96. The van der Waals surface area contributed by atoms with Crippen molar-refractivity contribution in [3.63, 3.8) is 0 Å². The number of aromatic nitrogens is 4. The molecule has 7 nitrogen and oxygen atoms in total. The molecule has 0 amide bonds. The molecule has 2 heterocycles. The Morgan fingerprint density at radius 2 is 1.79 bits per heavy atom. The van der Waals surface area contributed by atoms with E-state index in [0.717, 1.165) is 11.4 Å². The first-order valence-electron chi connectivity index (χ1n) is 8.96. The SMILES string of the molecule is COc1cc(OC)cc(C(Nc2ncnc3c(F)cccc23)c2nccn2C)c1. The number of halogens is 1. The Labute approximate surface area is 167 Å². The Kier molecular flexibility index (Phi) is 4.99. The molecule has 1 unspecified atom stereocenters. The molecular weight excluding hydrogens is 373 g/mol. The highest BCUT2D eigenvalue weighted by Crippen LogP contribution is 2.33. The van der Waals surface area contributed by atoms with Crippen LogP contribution in [0.15, 0.2) is 55.1 Å². The van der Waals surface area contributed by atoms with Crippen molar-refractivity contribution < 1.29 is 13.9 Å². The number of imidazole rings is 1. The average Bonchev–Trinajstić information content (AvgIpc) is 3.17. The van der Waals surface area contributed by atoms with E-state index >= 15 is 0 Å². The Hall–Kier alpha value is -3.68. The summed E-state index contributed by atoms with van der Waals surface area (Å²) in [6, 6.07) is 10.0. The summed E-state index contributed by atoms with van der Waals surface area (Å²) in [5, 5.41) is 3.98. The molecule has 2 aromatic carbocycles. The van der Waals surface area contributed by atoms with Gasteiger partial charge in [-0.3, -0.25) is 0 Å². The van der Waals surface area contributed by atoms with Gasteiger partial charge in [0.15, 0.2) is 0 Å². The monoisotopic (exact) mass is 393 g/mol. The maximum Gasteiger partial charge on any atom is 0.149 e. The maximum absolute atomic E-state index is 14.2. The van der Waals surface area contributed by atoms with Crippen LogP contribution >= 0.6 is 0 Å². The average molecular weight is 393 g/mol. The number of benzene rings is 2. The van der Waals surface area contributed by atoms with Crippen molar-refractivity contribution in [3.05, 3.63) is 72.3 Å². The lowest BCUT2D eigenvalue weighted by atomic mass is 10.0. The van der Waals surface area contributed by atoms with Crippen molar-refractivity contribution in [2.45, 2.75) is 6.04 Å². The lowest BCUT2D eigenvalue weighted by molar-refractivity contribution is 0.393. The van der Waals surface area contributed by atoms with Crippen molar-refractivity contribution >= 4 is 16.7 Å². The summed E-state index contributed by atoms with van der Waals surface area (Å²) in [5.41, 5.74) is 1.12. The van der Waals surface area contributed by atoms with Gasteiger partial charge >= 0.3 is 0 Å². The van der Waals surface area contributed by atoms with E-state index in [4.69, 9.17) is 9.47 Å². The van der Waals surface area contributed by atoms with Crippen LogP contribution in [0.3, 0.4) is 0 Å². The number of rotatable bonds is 6. The Bertz CT molecular complexity index is 1140. The zero-order valence-corrected chi connectivity index (χ0v) is 16.3. The van der Waals surface area contributed by atoms with E-state index in [1.807, 2.05) is 29.9 Å². The molecule has 0 saturated heterocycles. The molecule has 0 spiro atoms. The Balaban J connectivity index is 1.86. The molecule has 2 aromatic heterocycles. The number of nitrogens with zero attached hydrogens (tertiary/aromatic N) is 4. The standard InChI is InChI=1S/C21H20FN5O2/c1-27-8-7-23-21(27)18(13-9-14(28-2)11-15(10-13)29-3)26-20-16-5-4-6-17(22)19(16)24-12-25-20/h4-12,18H,1-3H3,(H,24,25,26). The first kappa shape index (κ1) is 18.7. The minimum atomic E-state index is -0.399. The molecule has 0 aliphatic carbocycles. The zero-order valence-electron chi connectivity index (χ0n) is 16.3. The molecule has 4 aromatic rings. The van der Waals surface area contributed by atoms with Crippen LogP contribution in [-0.2, 0) is 7.05 Å². The smallest absolute Gasteiger partial charge is 0.149 e. The molecule has 29 heavy (non-hydrogen) atoms. The topological polar surface area (TPSA) is 74.1 Å². The van der Waals surface area contributed by atoms with E-state index in [-0.39, 0.29) is 11.6 Å². The number of aryl methyl sites for hydroxylation is 1. The molecule has 1 atom stereocenters. The van der Waals surface area contributed by atoms with Crippen LogP contribution in [0.25, 0.3) is 10.9 Å². The number of anilines is 1. The second-order valence-electron chi connectivity index (χ2n) is 6.48. The highest BCUT2D eigenvalue weighted by atomic mass is 19.1. The second kappa shape index (κ2) is 7.75. The van der Waals surface area contributed by atoms with Crippen molar-refractivity contribution in [1.29, 1.82) is 0 Å². The number of methoxy groups -OCH3 is 2. The predicted octanol–water partition coefficient (Wildman–Crippen LogP) is 3.72. The minimum Gasteiger partial charge on any atom is -0.497 e. The molecule has 0 radical (unpaired) electrons. The molecule has 0 fully saturated rings. The van der Waals surface area contributed by atoms with Crippen molar-refractivity contribution in [2.75, 3.05) is 19.5 Å². The number of para-hydroxylation sites is 1. The summed E-state index contributed by atoms with van der Waals surface area (Å²) in [4.78, 5) is 12.9. The minimum absolute atomic E-state index is 0.256. The molecule has 0 bridgehead atoms. The molecular formula is C21H20FN5O2. The van der Waals surface area contributed by atoms with Gasteiger partial charge in [0, 0.05) is 30.9 Å². The largest absolute Gasteiger partial charge is 0.497 e. The summed E-state index contributed by atoms with van der Waals surface area (Å²) in [5.74, 6) is 2.16. The molecule has 4 rings (SSSR count). The quantitative estimate of drug-likeness (QED) is 0.538. The molecule has 8 heteroatoms. The molecule has 148 valence electrons. The van der Waals surface area contributed by atoms with Gasteiger partial charge in [0.1, 0.15) is 46.8 Å². The Morgan fingerprint density at radius 3 is 2.45 bits per heavy atom. The van der Waals surface area contributed by atoms with Gasteiger partial charge in [-0.15, -0.1) is 0 Å². The van der Waals surface area contributed by atoms with E-state index in [2.05, 4.69) is 20.3 Å². The summed E-state index contributed by atoms with van der Waals surface area (Å²) >= 11 is 0. The molecule has 1 N–H and O–H groups in total. The number of ether oxygens (including phenoxy) is 2. The third-order valence-corrected chi connectivity index (χ3v) is 4.72. The second-order valence-corrected chi connectivity index (χ2v) is 6.48. The third kappa shape index (κ3) is 3.56. The summed E-state index contributed by atoms with van der Waals surface area (Å²) in [6.07, 6.45) is 4.92. The number of fused-ring (bicyclic) bond motifs is 1. The lowest BCUT2D eigenvalue weighted by Gasteiger charge is -2.21. The van der Waals surface area contributed by atoms with E-state index in [9.17, 15) is 4.39 Å². The van der Waals surface area contributed by atoms with Crippen LogP contribution in [0.1, 0.15) is 17.4 Å². The fourth-order valence-electron chi connectivity index (χ4n) is 3.25. The van der Waals surface area contributed by atoms with E-state index in [0.29, 0.717) is 22.7 Å². The normalized spacial score (nSPS) is 12.0. The Morgan fingerprint density at radius 1 is 1.03 bits per heavy atom. The van der Waals surface area contributed by atoms with Gasteiger partial charge in [0.05, 0.1) is 14.2 Å². The van der Waals surface area contributed by atoms with Crippen LogP contribution in [0.2, 0.25) is 0 Å². The van der Waals surface area contributed by atoms with E-state index < -0.39 is 5.82 Å². The number of hydrogen-bond donors (Lipinski definition) is 1. The molecule has 0 aliphatic rings. The first-order chi connectivity index (χ1) is 14.1. The summed E-state index contributed by atoms with van der Waals surface area (Å²) < 4.78 is 26.9.